The molecule has 6 nitrogen and oxygen atoms in total. The number of carbonyl (C=O) groups excluding carboxylic acids is 1. The Labute approximate surface area is 169 Å². The fourth-order valence-corrected chi connectivity index (χ4v) is 3.83. The Balaban J connectivity index is 1.65. The zero-order valence-electron chi connectivity index (χ0n) is 16.2. The minimum atomic E-state index is -0.353. The minimum absolute atomic E-state index is 0.0747. The van der Waals surface area contributed by atoms with Gasteiger partial charge in [-0.2, -0.15) is 0 Å². The van der Waals surface area contributed by atoms with Gasteiger partial charge in [0.15, 0.2) is 5.82 Å². The molecule has 150 valence electrons. The summed E-state index contributed by atoms with van der Waals surface area (Å²) >= 11 is 6.37. The summed E-state index contributed by atoms with van der Waals surface area (Å²) in [7, 11) is 1.56. The molecule has 8 heteroatoms. The van der Waals surface area contributed by atoms with Gasteiger partial charge in [-0.25, -0.2) is 9.18 Å². The lowest BCUT2D eigenvalue weighted by molar-refractivity contribution is 0.168. The standard InChI is InChI=1S/C20H24ClFN4O2/c1-13-12-25(17-7-8-23-11-16(17)22)9-10-26(13)20(27)24-14(2)15-5-4-6-18(28-3)19(15)21/h4-8,11,13-14H,9-10,12H2,1-3H3,(H,24,27)/t13-,14-/m1/s1. The fraction of sp³-hybridized carbons (Fsp3) is 0.400. The molecular formula is C20H24ClFN4O2. The van der Waals surface area contributed by atoms with E-state index in [9.17, 15) is 9.18 Å². The Morgan fingerprint density at radius 1 is 1.39 bits per heavy atom. The third-order valence-corrected chi connectivity index (χ3v) is 5.40. The molecule has 0 bridgehead atoms. The van der Waals surface area contributed by atoms with Gasteiger partial charge >= 0.3 is 6.03 Å². The van der Waals surface area contributed by atoms with Crippen LogP contribution in [0.5, 0.6) is 5.75 Å². The largest absolute Gasteiger partial charge is 0.495 e. The average molecular weight is 407 g/mol. The van der Waals surface area contributed by atoms with Gasteiger partial charge in [-0.1, -0.05) is 23.7 Å². The van der Waals surface area contributed by atoms with Gasteiger partial charge < -0.3 is 19.9 Å². The van der Waals surface area contributed by atoms with Gasteiger partial charge in [-0.05, 0) is 31.5 Å². The molecule has 1 aliphatic rings. The van der Waals surface area contributed by atoms with Crippen LogP contribution in [-0.4, -0.2) is 48.7 Å². The lowest BCUT2D eigenvalue weighted by atomic mass is 10.1. The van der Waals surface area contributed by atoms with Crippen molar-refractivity contribution in [2.45, 2.75) is 25.9 Å². The molecule has 2 aromatic rings. The first kappa shape index (κ1) is 20.2. The van der Waals surface area contributed by atoms with Crippen molar-refractivity contribution < 1.29 is 13.9 Å². The Morgan fingerprint density at radius 3 is 2.86 bits per heavy atom. The zero-order chi connectivity index (χ0) is 20.3. The SMILES string of the molecule is COc1cccc([C@@H](C)NC(=O)N2CCN(c3ccncc3F)C[C@H]2C)c1Cl. The quantitative estimate of drug-likeness (QED) is 0.837. The van der Waals surface area contributed by atoms with Crippen molar-refractivity contribution in [3.8, 4) is 5.75 Å². The number of ether oxygens (including phenoxy) is 1. The van der Waals surface area contributed by atoms with Crippen LogP contribution in [0.25, 0.3) is 0 Å². The summed E-state index contributed by atoms with van der Waals surface area (Å²) in [5.41, 5.74) is 1.30. The third kappa shape index (κ3) is 4.14. The van der Waals surface area contributed by atoms with E-state index >= 15 is 0 Å². The smallest absolute Gasteiger partial charge is 0.318 e. The van der Waals surface area contributed by atoms with E-state index in [1.807, 2.05) is 30.9 Å². The Hall–Kier alpha value is -2.54. The number of urea groups is 1. The molecule has 0 aliphatic carbocycles. The Bertz CT molecular complexity index is 851. The summed E-state index contributed by atoms with van der Waals surface area (Å²) in [4.78, 5) is 20.3. The summed E-state index contributed by atoms with van der Waals surface area (Å²) in [5.74, 6) is 0.218. The summed E-state index contributed by atoms with van der Waals surface area (Å²) in [6, 6.07) is 6.61. The topological polar surface area (TPSA) is 57.7 Å². The highest BCUT2D eigenvalue weighted by molar-refractivity contribution is 6.32. The second kappa shape index (κ2) is 8.65. The molecule has 28 heavy (non-hydrogen) atoms. The summed E-state index contributed by atoms with van der Waals surface area (Å²) in [6.45, 7) is 5.42. The number of halogens is 2. The van der Waals surface area contributed by atoms with E-state index in [0.29, 0.717) is 36.1 Å². The lowest BCUT2D eigenvalue weighted by Crippen LogP contribution is -2.57. The van der Waals surface area contributed by atoms with Crippen LogP contribution in [-0.2, 0) is 0 Å². The van der Waals surface area contributed by atoms with E-state index in [2.05, 4.69) is 10.3 Å². The van der Waals surface area contributed by atoms with Crippen LogP contribution in [0.1, 0.15) is 25.5 Å². The highest BCUT2D eigenvalue weighted by Crippen LogP contribution is 2.32. The van der Waals surface area contributed by atoms with Crippen LogP contribution in [0.4, 0.5) is 14.9 Å². The number of hydrogen-bond acceptors (Lipinski definition) is 4. The molecule has 1 aromatic carbocycles. The molecule has 3 rings (SSSR count). The molecule has 2 amide bonds. The maximum Gasteiger partial charge on any atom is 0.318 e. The summed E-state index contributed by atoms with van der Waals surface area (Å²) < 4.78 is 19.2. The van der Waals surface area contributed by atoms with Gasteiger partial charge in [0.1, 0.15) is 5.75 Å². The van der Waals surface area contributed by atoms with E-state index in [0.717, 1.165) is 5.56 Å². The number of pyridine rings is 1. The number of nitrogens with one attached hydrogen (secondary N) is 1. The number of anilines is 1. The van der Waals surface area contributed by atoms with Crippen molar-refractivity contribution in [1.82, 2.24) is 15.2 Å². The van der Waals surface area contributed by atoms with Crippen LogP contribution in [0.2, 0.25) is 5.02 Å². The summed E-state index contributed by atoms with van der Waals surface area (Å²) in [5, 5.41) is 3.49. The number of hydrogen-bond donors (Lipinski definition) is 1. The van der Waals surface area contributed by atoms with Crippen LogP contribution in [0, 0.1) is 5.82 Å². The molecule has 1 fully saturated rings. The van der Waals surface area contributed by atoms with Crippen LogP contribution in [0.15, 0.2) is 36.7 Å². The van der Waals surface area contributed by atoms with Crippen molar-refractivity contribution in [3.63, 3.8) is 0 Å². The number of benzene rings is 1. The maximum atomic E-state index is 14.0. The molecule has 2 heterocycles. The van der Waals surface area contributed by atoms with E-state index in [1.165, 1.54) is 6.20 Å². The van der Waals surface area contributed by atoms with E-state index < -0.39 is 0 Å². The predicted molar refractivity (Wildman–Crippen MR) is 108 cm³/mol. The second-order valence-electron chi connectivity index (χ2n) is 6.85. The number of nitrogens with zero attached hydrogens (tertiary/aromatic N) is 3. The fourth-order valence-electron chi connectivity index (χ4n) is 3.47. The van der Waals surface area contributed by atoms with Crippen molar-refractivity contribution in [2.24, 2.45) is 0 Å². The lowest BCUT2D eigenvalue weighted by Gasteiger charge is -2.41. The van der Waals surface area contributed by atoms with Gasteiger partial charge in [0.25, 0.3) is 0 Å². The third-order valence-electron chi connectivity index (χ3n) is 5.00. The number of piperazine rings is 1. The molecular weight excluding hydrogens is 383 g/mol. The van der Waals surface area contributed by atoms with Crippen LogP contribution >= 0.6 is 11.6 Å². The highest BCUT2D eigenvalue weighted by Gasteiger charge is 2.29. The second-order valence-corrected chi connectivity index (χ2v) is 7.23. The van der Waals surface area contributed by atoms with Crippen LogP contribution < -0.4 is 15.0 Å². The van der Waals surface area contributed by atoms with Gasteiger partial charge in [-0.3, -0.25) is 4.98 Å². The number of amides is 2. The molecule has 1 N–H and O–H groups in total. The predicted octanol–water partition coefficient (Wildman–Crippen LogP) is 3.86. The van der Waals surface area contributed by atoms with Crippen molar-refractivity contribution in [3.05, 3.63) is 53.1 Å². The van der Waals surface area contributed by atoms with Crippen molar-refractivity contribution in [1.29, 1.82) is 0 Å². The van der Waals surface area contributed by atoms with Gasteiger partial charge in [-0.15, -0.1) is 0 Å². The first-order valence-corrected chi connectivity index (χ1v) is 9.54. The van der Waals surface area contributed by atoms with E-state index in [-0.39, 0.29) is 23.9 Å². The number of carbonyl (C=O) groups is 1. The maximum absolute atomic E-state index is 14.0. The normalized spacial score (nSPS) is 18.0. The minimum Gasteiger partial charge on any atom is -0.495 e. The molecule has 0 radical (unpaired) electrons. The monoisotopic (exact) mass is 406 g/mol. The Kier molecular flexibility index (Phi) is 6.24. The summed E-state index contributed by atoms with van der Waals surface area (Å²) in [6.07, 6.45) is 2.78. The molecule has 0 unspecified atom stereocenters. The molecule has 2 atom stereocenters. The molecule has 1 aliphatic heterocycles. The molecule has 0 spiro atoms. The number of methoxy groups -OCH3 is 1. The number of aromatic nitrogens is 1. The zero-order valence-corrected chi connectivity index (χ0v) is 16.9. The number of rotatable bonds is 4. The first-order valence-electron chi connectivity index (χ1n) is 9.16. The van der Waals surface area contributed by atoms with Gasteiger partial charge in [0.05, 0.1) is 30.1 Å². The molecule has 1 aromatic heterocycles. The first-order chi connectivity index (χ1) is 13.4. The molecule has 0 saturated carbocycles. The van der Waals surface area contributed by atoms with Gasteiger partial charge in [0, 0.05) is 31.9 Å². The molecule has 1 saturated heterocycles. The van der Waals surface area contributed by atoms with E-state index in [1.54, 1.807) is 30.3 Å². The van der Waals surface area contributed by atoms with Gasteiger partial charge in [0.2, 0.25) is 0 Å². The average Bonchev–Trinajstić information content (AvgIpc) is 2.68. The van der Waals surface area contributed by atoms with E-state index in [4.69, 9.17) is 16.3 Å². The van der Waals surface area contributed by atoms with Crippen LogP contribution in [0.3, 0.4) is 0 Å². The highest BCUT2D eigenvalue weighted by atomic mass is 35.5. The van der Waals surface area contributed by atoms with Crippen molar-refractivity contribution in [2.75, 3.05) is 31.6 Å². The Morgan fingerprint density at radius 2 is 2.18 bits per heavy atom. The van der Waals surface area contributed by atoms with Crippen molar-refractivity contribution >= 4 is 23.3 Å².